The molecule has 10 heteroatoms. The van der Waals surface area contributed by atoms with Crippen molar-refractivity contribution in [3.63, 3.8) is 0 Å². The molecular formula is C24H25FN4O4S. The zero-order valence-corrected chi connectivity index (χ0v) is 19.7. The number of aryl methyl sites for hydroxylation is 1. The van der Waals surface area contributed by atoms with Gasteiger partial charge in [-0.05, 0) is 31.2 Å². The number of rotatable bonds is 10. The second-order valence-electron chi connectivity index (χ2n) is 7.48. The molecule has 0 spiro atoms. The Kier molecular flexibility index (Phi) is 8.83. The number of ether oxygens (including phenoxy) is 1. The van der Waals surface area contributed by atoms with Crippen molar-refractivity contribution in [2.24, 2.45) is 0 Å². The van der Waals surface area contributed by atoms with E-state index in [9.17, 15) is 18.8 Å². The molecule has 34 heavy (non-hydrogen) atoms. The standard InChI is InChI=1S/C24H25FN4O4S/c1-16-7-9-17(10-8-16)23(32)29(11-12-33-2)14-22(31)28-24-26-18(15-34-24)13-21(30)27-20-6-4-3-5-19(20)25/h3-10,15H,11-14H2,1-2H3,(H,27,30)(H,26,28,31). The molecule has 0 saturated carbocycles. The molecule has 3 amide bonds. The fourth-order valence-corrected chi connectivity index (χ4v) is 3.76. The van der Waals surface area contributed by atoms with Gasteiger partial charge in [0.25, 0.3) is 5.91 Å². The molecular weight excluding hydrogens is 459 g/mol. The molecule has 0 radical (unpaired) electrons. The molecule has 1 aromatic heterocycles. The van der Waals surface area contributed by atoms with Crippen molar-refractivity contribution in [1.29, 1.82) is 0 Å². The van der Waals surface area contributed by atoms with E-state index >= 15 is 0 Å². The van der Waals surface area contributed by atoms with E-state index in [-0.39, 0.29) is 37.7 Å². The van der Waals surface area contributed by atoms with Gasteiger partial charge in [0.15, 0.2) is 5.13 Å². The highest BCUT2D eigenvalue weighted by atomic mass is 32.1. The Hall–Kier alpha value is -3.63. The number of nitrogens with zero attached hydrogens (tertiary/aromatic N) is 2. The Bertz CT molecular complexity index is 1150. The van der Waals surface area contributed by atoms with Gasteiger partial charge in [-0.1, -0.05) is 29.8 Å². The Morgan fingerprint density at radius 2 is 1.79 bits per heavy atom. The average Bonchev–Trinajstić information content (AvgIpc) is 3.24. The third-order valence-electron chi connectivity index (χ3n) is 4.77. The van der Waals surface area contributed by atoms with E-state index in [0.29, 0.717) is 16.4 Å². The molecule has 178 valence electrons. The van der Waals surface area contributed by atoms with Crippen LogP contribution in [0, 0.1) is 12.7 Å². The van der Waals surface area contributed by atoms with Gasteiger partial charge in [-0.15, -0.1) is 11.3 Å². The lowest BCUT2D eigenvalue weighted by Crippen LogP contribution is -2.40. The molecule has 0 saturated heterocycles. The maximum atomic E-state index is 13.7. The molecule has 0 bridgehead atoms. The lowest BCUT2D eigenvalue weighted by atomic mass is 10.1. The number of halogens is 1. The largest absolute Gasteiger partial charge is 0.383 e. The van der Waals surface area contributed by atoms with Crippen molar-refractivity contribution in [3.05, 3.63) is 76.5 Å². The summed E-state index contributed by atoms with van der Waals surface area (Å²) in [5.74, 6) is -1.66. The molecule has 3 aromatic rings. The van der Waals surface area contributed by atoms with Crippen LogP contribution in [0.5, 0.6) is 0 Å². The summed E-state index contributed by atoms with van der Waals surface area (Å²) in [4.78, 5) is 43.3. The lowest BCUT2D eigenvalue weighted by molar-refractivity contribution is -0.117. The minimum absolute atomic E-state index is 0.0768. The van der Waals surface area contributed by atoms with Gasteiger partial charge in [-0.2, -0.15) is 0 Å². The van der Waals surface area contributed by atoms with Crippen LogP contribution in [0.2, 0.25) is 0 Å². The van der Waals surface area contributed by atoms with Gasteiger partial charge in [0, 0.05) is 24.6 Å². The average molecular weight is 485 g/mol. The van der Waals surface area contributed by atoms with E-state index in [1.54, 1.807) is 23.6 Å². The van der Waals surface area contributed by atoms with Crippen LogP contribution in [-0.4, -0.2) is 54.4 Å². The van der Waals surface area contributed by atoms with Crippen LogP contribution in [0.1, 0.15) is 21.6 Å². The topological polar surface area (TPSA) is 101 Å². The van der Waals surface area contributed by atoms with Crippen molar-refractivity contribution in [2.75, 3.05) is 37.4 Å². The third-order valence-corrected chi connectivity index (χ3v) is 5.58. The van der Waals surface area contributed by atoms with Gasteiger partial charge >= 0.3 is 0 Å². The predicted molar refractivity (Wildman–Crippen MR) is 128 cm³/mol. The summed E-state index contributed by atoms with van der Waals surface area (Å²) in [7, 11) is 1.52. The summed E-state index contributed by atoms with van der Waals surface area (Å²) in [5.41, 5.74) is 2.03. The summed E-state index contributed by atoms with van der Waals surface area (Å²) in [6.07, 6.45) is -0.0768. The normalized spacial score (nSPS) is 10.6. The Balaban J connectivity index is 1.57. The van der Waals surface area contributed by atoms with Crippen LogP contribution in [0.4, 0.5) is 15.2 Å². The van der Waals surface area contributed by atoms with E-state index < -0.39 is 17.6 Å². The monoisotopic (exact) mass is 484 g/mol. The van der Waals surface area contributed by atoms with E-state index in [2.05, 4.69) is 15.6 Å². The van der Waals surface area contributed by atoms with E-state index in [1.807, 2.05) is 19.1 Å². The molecule has 0 aliphatic carbocycles. The number of para-hydroxylation sites is 1. The van der Waals surface area contributed by atoms with Crippen LogP contribution >= 0.6 is 11.3 Å². The van der Waals surface area contributed by atoms with Crippen molar-refractivity contribution in [1.82, 2.24) is 9.88 Å². The zero-order valence-electron chi connectivity index (χ0n) is 18.8. The molecule has 3 rings (SSSR count). The van der Waals surface area contributed by atoms with Crippen LogP contribution in [0.3, 0.4) is 0 Å². The number of carbonyl (C=O) groups is 3. The highest BCUT2D eigenvalue weighted by Crippen LogP contribution is 2.18. The molecule has 0 unspecified atom stereocenters. The second-order valence-corrected chi connectivity index (χ2v) is 8.34. The number of aromatic nitrogens is 1. The van der Waals surface area contributed by atoms with Gasteiger partial charge in [-0.25, -0.2) is 9.37 Å². The Labute approximate surface area is 200 Å². The van der Waals surface area contributed by atoms with Crippen LogP contribution in [-0.2, 0) is 20.7 Å². The first-order valence-electron chi connectivity index (χ1n) is 10.5. The molecule has 0 aliphatic rings. The van der Waals surface area contributed by atoms with Crippen molar-refractivity contribution in [2.45, 2.75) is 13.3 Å². The van der Waals surface area contributed by atoms with Crippen LogP contribution in [0.15, 0.2) is 53.9 Å². The van der Waals surface area contributed by atoms with Crippen molar-refractivity contribution in [3.8, 4) is 0 Å². The quantitative estimate of drug-likeness (QED) is 0.459. The summed E-state index contributed by atoms with van der Waals surface area (Å²) in [6.45, 7) is 2.27. The predicted octanol–water partition coefficient (Wildman–Crippen LogP) is 3.50. The fourth-order valence-electron chi connectivity index (χ4n) is 3.03. The Morgan fingerprint density at radius 3 is 2.50 bits per heavy atom. The maximum Gasteiger partial charge on any atom is 0.254 e. The number of carbonyl (C=O) groups excluding carboxylic acids is 3. The summed E-state index contributed by atoms with van der Waals surface area (Å²) < 4.78 is 18.8. The first-order chi connectivity index (χ1) is 16.4. The number of amides is 3. The number of anilines is 2. The molecule has 0 fully saturated rings. The molecule has 0 atom stereocenters. The number of hydrogen-bond donors (Lipinski definition) is 2. The van der Waals surface area contributed by atoms with E-state index in [0.717, 1.165) is 16.9 Å². The summed E-state index contributed by atoms with van der Waals surface area (Å²) in [6, 6.07) is 13.0. The maximum absolute atomic E-state index is 13.7. The molecule has 0 aliphatic heterocycles. The second kappa shape index (κ2) is 12.0. The number of thiazole rings is 1. The zero-order chi connectivity index (χ0) is 24.5. The first-order valence-corrected chi connectivity index (χ1v) is 11.4. The molecule has 2 N–H and O–H groups in total. The van der Waals surface area contributed by atoms with Crippen molar-refractivity contribution >= 4 is 39.9 Å². The summed E-state index contributed by atoms with van der Waals surface area (Å²) >= 11 is 1.16. The first kappa shape index (κ1) is 25.0. The van der Waals surface area contributed by atoms with Gasteiger partial charge in [0.1, 0.15) is 12.4 Å². The van der Waals surface area contributed by atoms with Gasteiger partial charge in [-0.3, -0.25) is 14.4 Å². The smallest absolute Gasteiger partial charge is 0.254 e. The highest BCUT2D eigenvalue weighted by molar-refractivity contribution is 7.13. The Morgan fingerprint density at radius 1 is 1.06 bits per heavy atom. The van der Waals surface area contributed by atoms with E-state index in [4.69, 9.17) is 4.74 Å². The number of hydrogen-bond acceptors (Lipinski definition) is 6. The van der Waals surface area contributed by atoms with Crippen LogP contribution < -0.4 is 10.6 Å². The number of nitrogens with one attached hydrogen (secondary N) is 2. The number of benzene rings is 2. The summed E-state index contributed by atoms with van der Waals surface area (Å²) in [5, 5.41) is 7.09. The van der Waals surface area contributed by atoms with Crippen LogP contribution in [0.25, 0.3) is 0 Å². The minimum Gasteiger partial charge on any atom is -0.383 e. The SMILES string of the molecule is COCCN(CC(=O)Nc1nc(CC(=O)Nc2ccccc2F)cs1)C(=O)c1ccc(C)cc1. The molecule has 2 aromatic carbocycles. The lowest BCUT2D eigenvalue weighted by Gasteiger charge is -2.21. The van der Waals surface area contributed by atoms with Crippen molar-refractivity contribution < 1.29 is 23.5 Å². The minimum atomic E-state index is -0.528. The van der Waals surface area contributed by atoms with E-state index in [1.165, 1.54) is 30.2 Å². The third kappa shape index (κ3) is 7.19. The highest BCUT2D eigenvalue weighted by Gasteiger charge is 2.20. The number of methoxy groups -OCH3 is 1. The fraction of sp³-hybridized carbons (Fsp3) is 0.250. The molecule has 8 nitrogen and oxygen atoms in total. The van der Waals surface area contributed by atoms with Gasteiger partial charge < -0.3 is 20.3 Å². The van der Waals surface area contributed by atoms with Gasteiger partial charge in [0.2, 0.25) is 11.8 Å². The molecule has 1 heterocycles. The van der Waals surface area contributed by atoms with Gasteiger partial charge in [0.05, 0.1) is 24.4 Å².